The Hall–Kier alpha value is -2.38. The first kappa shape index (κ1) is 21.2. The molecule has 2 N–H and O–H groups in total. The van der Waals surface area contributed by atoms with Gasteiger partial charge in [0.15, 0.2) is 0 Å². The quantitative estimate of drug-likeness (QED) is 0.627. The zero-order valence-corrected chi connectivity index (χ0v) is 19.7. The summed E-state index contributed by atoms with van der Waals surface area (Å²) in [5.74, 6) is 2.41. The number of H-pyrrole nitrogens is 1. The van der Waals surface area contributed by atoms with E-state index < -0.39 is 0 Å². The van der Waals surface area contributed by atoms with Gasteiger partial charge in [-0.05, 0) is 103 Å². The second-order valence-corrected chi connectivity index (χ2v) is 11.8. The molecule has 1 aromatic heterocycles. The van der Waals surface area contributed by atoms with Crippen LogP contribution in [0.4, 0.5) is 0 Å². The van der Waals surface area contributed by atoms with Gasteiger partial charge in [-0.1, -0.05) is 44.2 Å². The number of aromatic amines is 1. The molecule has 33 heavy (non-hydrogen) atoms. The number of nitrogens with one attached hydrogen (secondary N) is 1. The molecule has 3 fully saturated rings. The van der Waals surface area contributed by atoms with E-state index in [0.29, 0.717) is 34.7 Å². The SMILES string of the molecule is C[C@]12CC[C@H](O)C[C@@H]1CC[C@@H]1[C@@H]2CC[C@]2(C)c3c(c(-c4ccccc4)[nH]c(=O)c3C#N)C[C@@H]12. The van der Waals surface area contributed by atoms with Crippen LogP contribution < -0.4 is 5.56 Å². The zero-order valence-electron chi connectivity index (χ0n) is 19.7. The van der Waals surface area contributed by atoms with Gasteiger partial charge in [-0.25, -0.2) is 0 Å². The molecule has 0 radical (unpaired) electrons. The zero-order chi connectivity index (χ0) is 23.0. The van der Waals surface area contributed by atoms with Crippen LogP contribution in [0.2, 0.25) is 0 Å². The Morgan fingerprint density at radius 1 is 1.06 bits per heavy atom. The summed E-state index contributed by atoms with van der Waals surface area (Å²) >= 11 is 0. The Kier molecular flexibility index (Phi) is 4.69. The number of rotatable bonds is 1. The number of nitriles is 1. The molecule has 0 unspecified atom stereocenters. The van der Waals surface area contributed by atoms with Crippen LogP contribution in [0.3, 0.4) is 0 Å². The Labute approximate surface area is 196 Å². The molecule has 1 aromatic carbocycles. The van der Waals surface area contributed by atoms with Crippen LogP contribution in [0.1, 0.15) is 75.5 Å². The number of nitrogens with zero attached hydrogens (tertiary/aromatic N) is 1. The number of pyridine rings is 1. The summed E-state index contributed by atoms with van der Waals surface area (Å²) in [4.78, 5) is 16.2. The summed E-state index contributed by atoms with van der Waals surface area (Å²) in [6, 6.07) is 12.4. The number of hydrogen-bond acceptors (Lipinski definition) is 3. The standard InChI is InChI=1S/C29H34N2O2/c1-28-12-10-19(32)14-18(28)8-9-20-23(28)11-13-29(2)24(20)15-21-25(29)22(16-30)27(33)31-26(21)17-6-4-3-5-7-17/h3-7,18-20,23-24,32H,8-15H2,1-2H3,(H,31,33)/t18-,19-,20+,23-,24-,28-,29-/m0/s1. The molecule has 1 heterocycles. The van der Waals surface area contributed by atoms with Crippen LogP contribution >= 0.6 is 0 Å². The Morgan fingerprint density at radius 3 is 2.61 bits per heavy atom. The first-order valence-electron chi connectivity index (χ1n) is 12.8. The van der Waals surface area contributed by atoms with Crippen LogP contribution in [0.25, 0.3) is 11.3 Å². The molecule has 2 aromatic rings. The number of aliphatic hydroxyl groups excluding tert-OH is 1. The summed E-state index contributed by atoms with van der Waals surface area (Å²) in [6.45, 7) is 4.85. The van der Waals surface area contributed by atoms with E-state index in [2.05, 4.69) is 37.0 Å². The average molecular weight is 443 g/mol. The molecule has 0 aliphatic heterocycles. The third-order valence-corrected chi connectivity index (χ3v) is 10.5. The highest BCUT2D eigenvalue weighted by Gasteiger charge is 2.60. The van der Waals surface area contributed by atoms with Crippen LogP contribution in [-0.2, 0) is 11.8 Å². The third-order valence-electron chi connectivity index (χ3n) is 10.5. The molecule has 0 spiro atoms. The van der Waals surface area contributed by atoms with Gasteiger partial charge in [-0.2, -0.15) is 5.26 Å². The van der Waals surface area contributed by atoms with Crippen molar-refractivity contribution in [3.05, 3.63) is 57.4 Å². The maximum Gasteiger partial charge on any atom is 0.266 e. The average Bonchev–Trinajstić information content (AvgIpc) is 3.13. The van der Waals surface area contributed by atoms with E-state index >= 15 is 0 Å². The van der Waals surface area contributed by atoms with Crippen LogP contribution in [0.5, 0.6) is 0 Å². The minimum Gasteiger partial charge on any atom is -0.393 e. The van der Waals surface area contributed by atoms with Crippen molar-refractivity contribution in [1.82, 2.24) is 4.98 Å². The number of fused-ring (bicyclic) bond motifs is 7. The second-order valence-electron chi connectivity index (χ2n) is 11.8. The van der Waals surface area contributed by atoms with Crippen molar-refractivity contribution in [3.63, 3.8) is 0 Å². The predicted molar refractivity (Wildman–Crippen MR) is 129 cm³/mol. The lowest BCUT2D eigenvalue weighted by molar-refractivity contribution is -0.111. The Morgan fingerprint density at radius 2 is 1.85 bits per heavy atom. The lowest BCUT2D eigenvalue weighted by Crippen LogP contribution is -2.54. The van der Waals surface area contributed by atoms with E-state index in [0.717, 1.165) is 48.9 Å². The van der Waals surface area contributed by atoms with Gasteiger partial charge in [0.25, 0.3) is 5.56 Å². The highest BCUT2D eigenvalue weighted by atomic mass is 16.3. The first-order chi connectivity index (χ1) is 15.9. The maximum absolute atomic E-state index is 13.1. The lowest BCUT2D eigenvalue weighted by Gasteiger charge is -2.60. The molecule has 0 saturated heterocycles. The van der Waals surface area contributed by atoms with Crippen molar-refractivity contribution in [2.45, 2.75) is 76.7 Å². The fourth-order valence-electron chi connectivity index (χ4n) is 8.90. The topological polar surface area (TPSA) is 76.9 Å². The monoisotopic (exact) mass is 442 g/mol. The summed E-state index contributed by atoms with van der Waals surface area (Å²) in [6.07, 6.45) is 8.48. The second kappa shape index (κ2) is 7.31. The van der Waals surface area contributed by atoms with E-state index in [-0.39, 0.29) is 17.1 Å². The van der Waals surface area contributed by atoms with E-state index in [1.54, 1.807) is 0 Å². The molecule has 3 saturated carbocycles. The van der Waals surface area contributed by atoms with Gasteiger partial charge in [-0.3, -0.25) is 4.79 Å². The van der Waals surface area contributed by atoms with Crippen molar-refractivity contribution in [1.29, 1.82) is 5.26 Å². The molecule has 0 bridgehead atoms. The highest BCUT2D eigenvalue weighted by Crippen LogP contribution is 2.66. The summed E-state index contributed by atoms with van der Waals surface area (Å²) in [5, 5.41) is 20.3. The highest BCUT2D eigenvalue weighted by molar-refractivity contribution is 5.69. The molecule has 4 heteroatoms. The predicted octanol–water partition coefficient (Wildman–Crippen LogP) is 5.33. The van der Waals surface area contributed by atoms with E-state index in [1.165, 1.54) is 24.8 Å². The molecule has 6 rings (SSSR count). The van der Waals surface area contributed by atoms with Gasteiger partial charge >= 0.3 is 0 Å². The van der Waals surface area contributed by atoms with Crippen LogP contribution in [0.15, 0.2) is 35.1 Å². The molecular formula is C29H34N2O2. The molecule has 4 aliphatic carbocycles. The van der Waals surface area contributed by atoms with Gasteiger partial charge in [0.1, 0.15) is 11.6 Å². The minimum absolute atomic E-state index is 0.114. The van der Waals surface area contributed by atoms with Gasteiger partial charge in [-0.15, -0.1) is 0 Å². The summed E-state index contributed by atoms with van der Waals surface area (Å²) in [5.41, 5.74) is 4.50. The van der Waals surface area contributed by atoms with Gasteiger partial charge in [0.2, 0.25) is 0 Å². The van der Waals surface area contributed by atoms with E-state index in [4.69, 9.17) is 0 Å². The maximum atomic E-state index is 13.1. The van der Waals surface area contributed by atoms with Crippen LogP contribution in [0, 0.1) is 40.4 Å². The lowest BCUT2D eigenvalue weighted by atomic mass is 9.45. The van der Waals surface area contributed by atoms with Crippen LogP contribution in [-0.4, -0.2) is 16.2 Å². The van der Waals surface area contributed by atoms with Crippen molar-refractivity contribution in [2.75, 3.05) is 0 Å². The van der Waals surface area contributed by atoms with E-state index in [1.807, 2.05) is 18.2 Å². The molecule has 0 amide bonds. The largest absolute Gasteiger partial charge is 0.393 e. The first-order valence-corrected chi connectivity index (χ1v) is 12.8. The Balaban J connectivity index is 1.46. The van der Waals surface area contributed by atoms with Crippen molar-refractivity contribution < 1.29 is 5.11 Å². The molecular weight excluding hydrogens is 408 g/mol. The smallest absolute Gasteiger partial charge is 0.266 e. The van der Waals surface area contributed by atoms with Crippen molar-refractivity contribution >= 4 is 0 Å². The van der Waals surface area contributed by atoms with E-state index in [9.17, 15) is 15.2 Å². The summed E-state index contributed by atoms with van der Waals surface area (Å²) in [7, 11) is 0. The Bertz CT molecular complexity index is 1190. The summed E-state index contributed by atoms with van der Waals surface area (Å²) < 4.78 is 0. The molecule has 7 atom stereocenters. The third kappa shape index (κ3) is 2.88. The number of aliphatic hydroxyl groups is 1. The van der Waals surface area contributed by atoms with Gasteiger partial charge in [0, 0.05) is 0 Å². The fourth-order valence-corrected chi connectivity index (χ4v) is 8.90. The van der Waals surface area contributed by atoms with Gasteiger partial charge in [0.05, 0.1) is 11.8 Å². The number of benzene rings is 1. The normalized spacial score (nSPS) is 39.0. The fraction of sp³-hybridized carbons (Fsp3) is 0.586. The molecule has 4 aliphatic rings. The minimum atomic E-state index is -0.240. The van der Waals surface area contributed by atoms with Crippen molar-refractivity contribution in [2.24, 2.45) is 29.1 Å². The van der Waals surface area contributed by atoms with Crippen molar-refractivity contribution in [3.8, 4) is 17.3 Å². The number of aromatic nitrogens is 1. The molecule has 4 nitrogen and oxygen atoms in total. The van der Waals surface area contributed by atoms with Gasteiger partial charge < -0.3 is 10.1 Å². The number of hydrogen-bond donors (Lipinski definition) is 2. The molecule has 172 valence electrons.